The summed E-state index contributed by atoms with van der Waals surface area (Å²) in [6, 6.07) is 7.06. The Morgan fingerprint density at radius 2 is 2.00 bits per heavy atom. The molecule has 1 unspecified atom stereocenters. The Balaban J connectivity index is 2.43. The molecule has 0 heterocycles. The maximum absolute atomic E-state index is 12.1. The summed E-state index contributed by atoms with van der Waals surface area (Å²) in [4.78, 5) is 14.2. The lowest BCUT2D eigenvalue weighted by Gasteiger charge is -2.16. The van der Waals surface area contributed by atoms with Crippen molar-refractivity contribution in [3.05, 3.63) is 24.3 Å². The summed E-state index contributed by atoms with van der Waals surface area (Å²) in [6.45, 7) is 1.21. The van der Waals surface area contributed by atoms with Crippen molar-refractivity contribution in [1.29, 1.82) is 0 Å². The highest BCUT2D eigenvalue weighted by Crippen LogP contribution is 2.14. The molecule has 0 saturated carbocycles. The first-order valence-corrected chi connectivity index (χ1v) is 7.87. The fourth-order valence-corrected chi connectivity index (χ4v) is 2.70. The van der Waals surface area contributed by atoms with E-state index in [0.717, 1.165) is 12.2 Å². The number of nitrogens with two attached hydrogens (primary N) is 1. The van der Waals surface area contributed by atoms with Crippen LogP contribution < -0.4 is 10.5 Å². The topological polar surface area (TPSA) is 72.6 Å². The Kier molecular flexibility index (Phi) is 7.25. The molecular formula is C14H22N2O3S. The van der Waals surface area contributed by atoms with Gasteiger partial charge in [-0.1, -0.05) is 0 Å². The van der Waals surface area contributed by atoms with Crippen LogP contribution in [0, 0.1) is 0 Å². The van der Waals surface area contributed by atoms with Gasteiger partial charge in [0.2, 0.25) is 5.91 Å². The average Bonchev–Trinajstić information content (AvgIpc) is 2.49. The van der Waals surface area contributed by atoms with E-state index in [2.05, 4.69) is 0 Å². The summed E-state index contributed by atoms with van der Waals surface area (Å²) in [5, 5.41) is 0. The van der Waals surface area contributed by atoms with Crippen molar-refractivity contribution in [1.82, 2.24) is 4.90 Å². The van der Waals surface area contributed by atoms with Gasteiger partial charge in [-0.15, -0.1) is 0 Å². The van der Waals surface area contributed by atoms with Gasteiger partial charge in [0.1, 0.15) is 5.75 Å². The Hall–Kier alpha value is -1.40. The predicted octanol–water partition coefficient (Wildman–Crippen LogP) is 1.00. The monoisotopic (exact) mass is 298 g/mol. The zero-order valence-electron chi connectivity index (χ0n) is 12.0. The number of hydrogen-bond donors (Lipinski definition) is 1. The second-order valence-electron chi connectivity index (χ2n) is 4.43. The number of amides is 1. The molecular weight excluding hydrogens is 276 g/mol. The van der Waals surface area contributed by atoms with Crippen LogP contribution in [0.5, 0.6) is 5.75 Å². The van der Waals surface area contributed by atoms with Crippen LogP contribution in [-0.4, -0.2) is 48.0 Å². The fourth-order valence-electron chi connectivity index (χ4n) is 1.67. The molecule has 5 nitrogen and oxygen atoms in total. The largest absolute Gasteiger partial charge is 0.497 e. The lowest BCUT2D eigenvalue weighted by atomic mass is 10.3. The van der Waals surface area contributed by atoms with Crippen molar-refractivity contribution >= 4 is 16.7 Å². The molecule has 20 heavy (non-hydrogen) atoms. The molecule has 1 amide bonds. The maximum Gasteiger partial charge on any atom is 0.223 e. The molecule has 0 saturated heterocycles. The summed E-state index contributed by atoms with van der Waals surface area (Å²) in [6.07, 6.45) is 1.06. The number of benzene rings is 1. The zero-order chi connectivity index (χ0) is 15.0. The summed E-state index contributed by atoms with van der Waals surface area (Å²) >= 11 is 0. The van der Waals surface area contributed by atoms with Gasteiger partial charge in [0, 0.05) is 30.7 Å². The molecule has 0 aliphatic heterocycles. The number of carbonyl (C=O) groups excluding carboxylic acids is 1. The number of ether oxygens (including phenoxy) is 1. The van der Waals surface area contributed by atoms with E-state index in [9.17, 15) is 9.00 Å². The first kappa shape index (κ1) is 16.7. The molecule has 0 radical (unpaired) electrons. The van der Waals surface area contributed by atoms with E-state index in [1.807, 2.05) is 0 Å². The quantitative estimate of drug-likeness (QED) is 0.777. The van der Waals surface area contributed by atoms with Gasteiger partial charge in [0.25, 0.3) is 0 Å². The molecule has 6 heteroatoms. The SMILES string of the molecule is COc1ccc(S(=O)CCC(=O)N(C)CCCN)cc1. The lowest BCUT2D eigenvalue weighted by Crippen LogP contribution is -2.29. The Labute approximate surface area is 122 Å². The van der Waals surface area contributed by atoms with Crippen LogP contribution in [0.2, 0.25) is 0 Å². The highest BCUT2D eigenvalue weighted by atomic mass is 32.2. The standard InChI is InChI=1S/C14H22N2O3S/c1-16(10-3-9-15)14(17)8-11-20(18)13-6-4-12(19-2)5-7-13/h4-7H,3,8-11,15H2,1-2H3. The molecule has 0 aliphatic carbocycles. The third kappa shape index (κ3) is 5.30. The van der Waals surface area contributed by atoms with E-state index in [-0.39, 0.29) is 12.3 Å². The number of methoxy groups -OCH3 is 1. The molecule has 0 aliphatic rings. The number of nitrogens with zero attached hydrogens (tertiary/aromatic N) is 1. The van der Waals surface area contributed by atoms with Crippen molar-refractivity contribution in [2.24, 2.45) is 5.73 Å². The average molecular weight is 298 g/mol. The minimum atomic E-state index is -1.16. The van der Waals surface area contributed by atoms with Crippen LogP contribution in [-0.2, 0) is 15.6 Å². The molecule has 0 spiro atoms. The molecule has 0 aromatic heterocycles. The van der Waals surface area contributed by atoms with Crippen molar-refractivity contribution < 1.29 is 13.7 Å². The van der Waals surface area contributed by atoms with E-state index in [1.165, 1.54) is 0 Å². The zero-order valence-corrected chi connectivity index (χ0v) is 12.8. The van der Waals surface area contributed by atoms with E-state index >= 15 is 0 Å². The van der Waals surface area contributed by atoms with Crippen LogP contribution in [0.25, 0.3) is 0 Å². The summed E-state index contributed by atoms with van der Waals surface area (Å²) in [5.74, 6) is 1.06. The van der Waals surface area contributed by atoms with Crippen molar-refractivity contribution in [3.8, 4) is 5.75 Å². The summed E-state index contributed by atoms with van der Waals surface area (Å²) in [7, 11) is 2.17. The van der Waals surface area contributed by atoms with Gasteiger partial charge in [0.05, 0.1) is 17.9 Å². The van der Waals surface area contributed by atoms with Crippen LogP contribution in [0.15, 0.2) is 29.2 Å². The summed E-state index contributed by atoms with van der Waals surface area (Å²) < 4.78 is 17.1. The van der Waals surface area contributed by atoms with Crippen LogP contribution >= 0.6 is 0 Å². The van der Waals surface area contributed by atoms with Gasteiger partial charge >= 0.3 is 0 Å². The Bertz CT molecular complexity index is 448. The minimum Gasteiger partial charge on any atom is -0.497 e. The third-order valence-corrected chi connectivity index (χ3v) is 4.32. The van der Waals surface area contributed by atoms with Gasteiger partial charge < -0.3 is 15.4 Å². The molecule has 0 bridgehead atoms. The molecule has 1 rings (SSSR count). The van der Waals surface area contributed by atoms with Crippen molar-refractivity contribution in [2.75, 3.05) is 33.0 Å². The van der Waals surface area contributed by atoms with Crippen LogP contribution in [0.4, 0.5) is 0 Å². The number of hydrogen-bond acceptors (Lipinski definition) is 4. The van der Waals surface area contributed by atoms with E-state index in [1.54, 1.807) is 43.3 Å². The molecule has 1 aromatic carbocycles. The number of rotatable bonds is 8. The first-order valence-electron chi connectivity index (χ1n) is 6.55. The fraction of sp³-hybridized carbons (Fsp3) is 0.500. The van der Waals surface area contributed by atoms with Crippen molar-refractivity contribution in [2.45, 2.75) is 17.7 Å². The molecule has 0 fully saturated rings. The number of carbonyl (C=O) groups is 1. The predicted molar refractivity (Wildman–Crippen MR) is 80.2 cm³/mol. The molecule has 1 atom stereocenters. The minimum absolute atomic E-state index is 0.000289. The van der Waals surface area contributed by atoms with Crippen molar-refractivity contribution in [3.63, 3.8) is 0 Å². The van der Waals surface area contributed by atoms with Gasteiger partial charge in [0.15, 0.2) is 0 Å². The second kappa shape index (κ2) is 8.71. The summed E-state index contributed by atoms with van der Waals surface area (Å²) in [5.41, 5.74) is 5.40. The van der Waals surface area contributed by atoms with Gasteiger partial charge in [-0.3, -0.25) is 9.00 Å². The third-order valence-electron chi connectivity index (χ3n) is 2.95. The van der Waals surface area contributed by atoms with Gasteiger partial charge in [-0.2, -0.15) is 0 Å². The van der Waals surface area contributed by atoms with Gasteiger partial charge in [-0.25, -0.2) is 0 Å². The Morgan fingerprint density at radius 1 is 1.35 bits per heavy atom. The maximum atomic E-state index is 12.1. The molecule has 2 N–H and O–H groups in total. The van der Waals surface area contributed by atoms with Gasteiger partial charge in [-0.05, 0) is 37.2 Å². The molecule has 112 valence electrons. The highest BCUT2D eigenvalue weighted by molar-refractivity contribution is 7.85. The Morgan fingerprint density at radius 3 is 2.55 bits per heavy atom. The lowest BCUT2D eigenvalue weighted by molar-refractivity contribution is -0.129. The molecule has 1 aromatic rings. The second-order valence-corrected chi connectivity index (χ2v) is 6.00. The van der Waals surface area contributed by atoms with E-state index in [4.69, 9.17) is 10.5 Å². The van der Waals surface area contributed by atoms with E-state index < -0.39 is 10.8 Å². The smallest absolute Gasteiger partial charge is 0.223 e. The van der Waals surface area contributed by atoms with Crippen LogP contribution in [0.1, 0.15) is 12.8 Å². The van der Waals surface area contributed by atoms with Crippen LogP contribution in [0.3, 0.4) is 0 Å². The van der Waals surface area contributed by atoms with E-state index in [0.29, 0.717) is 23.7 Å². The first-order chi connectivity index (χ1) is 9.58. The normalized spacial score (nSPS) is 11.9. The highest BCUT2D eigenvalue weighted by Gasteiger charge is 2.11.